The molecule has 106 valence electrons. The van der Waals surface area contributed by atoms with Gasteiger partial charge in [-0.1, -0.05) is 25.4 Å². The Kier molecular flexibility index (Phi) is 5.08. The predicted molar refractivity (Wildman–Crippen MR) is 79.7 cm³/mol. The highest BCUT2D eigenvalue weighted by Gasteiger charge is 2.18. The van der Waals surface area contributed by atoms with Crippen molar-refractivity contribution in [1.29, 1.82) is 0 Å². The third-order valence-electron chi connectivity index (χ3n) is 3.52. The first-order valence-electron chi connectivity index (χ1n) is 6.96. The molecule has 1 aliphatic rings. The quantitative estimate of drug-likeness (QED) is 0.920. The van der Waals surface area contributed by atoms with Crippen molar-refractivity contribution < 1.29 is 5.11 Å². The van der Waals surface area contributed by atoms with Crippen LogP contribution in [-0.4, -0.2) is 47.6 Å². The van der Waals surface area contributed by atoms with Crippen LogP contribution in [0.3, 0.4) is 0 Å². The largest absolute Gasteiger partial charge is 0.508 e. The molecule has 0 bridgehead atoms. The third-order valence-corrected chi connectivity index (χ3v) is 3.76. The number of aromatic hydroxyl groups is 1. The molecule has 4 heteroatoms. The zero-order valence-electron chi connectivity index (χ0n) is 11.8. The lowest BCUT2D eigenvalue weighted by Gasteiger charge is -2.35. The van der Waals surface area contributed by atoms with Crippen LogP contribution in [0.2, 0.25) is 5.02 Å². The maximum atomic E-state index is 9.84. The minimum atomic E-state index is 0.342. The minimum absolute atomic E-state index is 0.342. The van der Waals surface area contributed by atoms with Gasteiger partial charge in [-0.3, -0.25) is 4.90 Å². The van der Waals surface area contributed by atoms with E-state index in [1.165, 1.54) is 6.54 Å². The van der Waals surface area contributed by atoms with Gasteiger partial charge in [-0.05, 0) is 24.1 Å². The Morgan fingerprint density at radius 2 is 1.79 bits per heavy atom. The highest BCUT2D eigenvalue weighted by molar-refractivity contribution is 6.30. The molecule has 0 aliphatic carbocycles. The van der Waals surface area contributed by atoms with Crippen molar-refractivity contribution in [3.8, 4) is 5.75 Å². The van der Waals surface area contributed by atoms with Crippen LogP contribution in [-0.2, 0) is 6.54 Å². The van der Waals surface area contributed by atoms with Gasteiger partial charge in [0.25, 0.3) is 0 Å². The van der Waals surface area contributed by atoms with E-state index in [1.807, 2.05) is 6.07 Å². The standard InChI is InChI=1S/C15H23ClN2O/c1-12(2)10-17-5-7-18(8-6-17)11-13-9-14(16)3-4-15(13)19/h3-4,9,12,19H,5-8,10-11H2,1-2H3. The summed E-state index contributed by atoms with van der Waals surface area (Å²) in [5, 5.41) is 10.5. The topological polar surface area (TPSA) is 26.7 Å². The monoisotopic (exact) mass is 282 g/mol. The molecule has 0 saturated carbocycles. The number of halogens is 1. The van der Waals surface area contributed by atoms with E-state index in [2.05, 4.69) is 23.6 Å². The molecule has 0 atom stereocenters. The Hall–Kier alpha value is -0.770. The van der Waals surface area contributed by atoms with Crippen LogP contribution in [0, 0.1) is 5.92 Å². The first-order chi connectivity index (χ1) is 9.04. The minimum Gasteiger partial charge on any atom is -0.508 e. The molecule has 2 rings (SSSR count). The number of phenolic OH excluding ortho intramolecular Hbond substituents is 1. The lowest BCUT2D eigenvalue weighted by molar-refractivity contribution is 0.117. The van der Waals surface area contributed by atoms with Crippen LogP contribution in [0.4, 0.5) is 0 Å². The van der Waals surface area contributed by atoms with E-state index < -0.39 is 0 Å². The molecule has 19 heavy (non-hydrogen) atoms. The van der Waals surface area contributed by atoms with Gasteiger partial charge in [0, 0.05) is 49.9 Å². The SMILES string of the molecule is CC(C)CN1CCN(Cc2cc(Cl)ccc2O)CC1. The number of benzene rings is 1. The highest BCUT2D eigenvalue weighted by Crippen LogP contribution is 2.23. The molecular formula is C15H23ClN2O. The second-order valence-corrected chi connectivity index (χ2v) is 6.18. The van der Waals surface area contributed by atoms with Crippen LogP contribution in [0.5, 0.6) is 5.75 Å². The normalized spacial score (nSPS) is 18.1. The predicted octanol–water partition coefficient (Wildman–Crippen LogP) is 2.82. The van der Waals surface area contributed by atoms with Crippen molar-refractivity contribution in [3.63, 3.8) is 0 Å². The van der Waals surface area contributed by atoms with E-state index in [-0.39, 0.29) is 0 Å². The molecule has 1 heterocycles. The molecule has 1 N–H and O–H groups in total. The van der Waals surface area contributed by atoms with Gasteiger partial charge in [-0.2, -0.15) is 0 Å². The Morgan fingerprint density at radius 1 is 1.16 bits per heavy atom. The van der Waals surface area contributed by atoms with Crippen molar-refractivity contribution in [2.24, 2.45) is 5.92 Å². The Balaban J connectivity index is 1.87. The van der Waals surface area contributed by atoms with Crippen LogP contribution in [0.1, 0.15) is 19.4 Å². The molecule has 3 nitrogen and oxygen atoms in total. The van der Waals surface area contributed by atoms with E-state index in [0.717, 1.165) is 44.2 Å². The van der Waals surface area contributed by atoms with Crippen molar-refractivity contribution in [1.82, 2.24) is 9.80 Å². The smallest absolute Gasteiger partial charge is 0.120 e. The average molecular weight is 283 g/mol. The first-order valence-corrected chi connectivity index (χ1v) is 7.34. The van der Waals surface area contributed by atoms with Gasteiger partial charge in [0.2, 0.25) is 0 Å². The summed E-state index contributed by atoms with van der Waals surface area (Å²) >= 11 is 5.98. The number of hydrogen-bond acceptors (Lipinski definition) is 3. The van der Waals surface area contributed by atoms with Gasteiger partial charge >= 0.3 is 0 Å². The fourth-order valence-electron chi connectivity index (χ4n) is 2.57. The molecular weight excluding hydrogens is 260 g/mol. The summed E-state index contributed by atoms with van der Waals surface area (Å²) in [6.07, 6.45) is 0. The number of hydrogen-bond donors (Lipinski definition) is 1. The Morgan fingerprint density at radius 3 is 2.42 bits per heavy atom. The summed E-state index contributed by atoms with van der Waals surface area (Å²) in [5.74, 6) is 1.07. The fourth-order valence-corrected chi connectivity index (χ4v) is 2.76. The van der Waals surface area contributed by atoms with E-state index in [0.29, 0.717) is 10.8 Å². The lowest BCUT2D eigenvalue weighted by Crippen LogP contribution is -2.46. The van der Waals surface area contributed by atoms with Crippen LogP contribution in [0.25, 0.3) is 0 Å². The fraction of sp³-hybridized carbons (Fsp3) is 0.600. The Labute approximate surface area is 120 Å². The number of nitrogens with zero attached hydrogens (tertiary/aromatic N) is 2. The maximum Gasteiger partial charge on any atom is 0.120 e. The summed E-state index contributed by atoms with van der Waals surface area (Å²) < 4.78 is 0. The van der Waals surface area contributed by atoms with E-state index in [1.54, 1.807) is 12.1 Å². The molecule has 1 aliphatic heterocycles. The molecule has 0 unspecified atom stereocenters. The molecule has 0 aromatic heterocycles. The van der Waals surface area contributed by atoms with Crippen molar-refractivity contribution in [2.75, 3.05) is 32.7 Å². The van der Waals surface area contributed by atoms with Gasteiger partial charge in [-0.25, -0.2) is 0 Å². The summed E-state index contributed by atoms with van der Waals surface area (Å²) in [6.45, 7) is 10.8. The second-order valence-electron chi connectivity index (χ2n) is 5.74. The van der Waals surface area contributed by atoms with Crippen LogP contribution < -0.4 is 0 Å². The van der Waals surface area contributed by atoms with Crippen molar-refractivity contribution in [3.05, 3.63) is 28.8 Å². The molecule has 1 fully saturated rings. The van der Waals surface area contributed by atoms with Gasteiger partial charge in [0.15, 0.2) is 0 Å². The first kappa shape index (κ1) is 14.6. The van der Waals surface area contributed by atoms with Crippen molar-refractivity contribution in [2.45, 2.75) is 20.4 Å². The molecule has 1 aromatic carbocycles. The number of rotatable bonds is 4. The van der Waals surface area contributed by atoms with Gasteiger partial charge in [0.05, 0.1) is 0 Å². The molecule has 1 saturated heterocycles. The summed E-state index contributed by atoms with van der Waals surface area (Å²) in [5.41, 5.74) is 0.921. The van der Waals surface area contributed by atoms with Gasteiger partial charge < -0.3 is 10.0 Å². The Bertz CT molecular complexity index is 415. The van der Waals surface area contributed by atoms with Crippen LogP contribution in [0.15, 0.2) is 18.2 Å². The van der Waals surface area contributed by atoms with E-state index in [4.69, 9.17) is 11.6 Å². The van der Waals surface area contributed by atoms with E-state index >= 15 is 0 Å². The maximum absolute atomic E-state index is 9.84. The van der Waals surface area contributed by atoms with E-state index in [9.17, 15) is 5.11 Å². The average Bonchev–Trinajstić information content (AvgIpc) is 2.35. The highest BCUT2D eigenvalue weighted by atomic mass is 35.5. The summed E-state index contributed by atoms with van der Waals surface area (Å²) in [4.78, 5) is 4.89. The third kappa shape index (κ3) is 4.37. The lowest BCUT2D eigenvalue weighted by atomic mass is 10.1. The molecule has 0 radical (unpaired) electrons. The van der Waals surface area contributed by atoms with Crippen LogP contribution >= 0.6 is 11.6 Å². The second kappa shape index (κ2) is 6.60. The molecule has 0 spiro atoms. The number of phenols is 1. The summed E-state index contributed by atoms with van der Waals surface area (Å²) in [7, 11) is 0. The molecule has 1 aromatic rings. The van der Waals surface area contributed by atoms with Crippen molar-refractivity contribution >= 4 is 11.6 Å². The van der Waals surface area contributed by atoms with Gasteiger partial charge in [-0.15, -0.1) is 0 Å². The molecule has 0 amide bonds. The summed E-state index contributed by atoms with van der Waals surface area (Å²) in [6, 6.07) is 5.25. The number of piperazine rings is 1. The van der Waals surface area contributed by atoms with Gasteiger partial charge in [0.1, 0.15) is 5.75 Å². The zero-order chi connectivity index (χ0) is 13.8. The zero-order valence-corrected chi connectivity index (χ0v) is 12.5.